The first-order chi connectivity index (χ1) is 13.3. The van der Waals surface area contributed by atoms with E-state index < -0.39 is 17.9 Å². The zero-order valence-corrected chi connectivity index (χ0v) is 17.4. The van der Waals surface area contributed by atoms with Gasteiger partial charge in [0.05, 0.1) is 20.1 Å². The first-order valence-electron chi connectivity index (χ1n) is 9.61. The standard InChI is InChI=1S/C21H32N2O5/c1-6-28-19(24)13-16(11-14(2)3)20(25)23-18(21(26)22-4)12-15-7-9-17(27-5)10-8-15/h7-10,14,16,18H,6,11-13H2,1-5H3,(H,22,26)(H,23,25)/t16?,18-/m0/s1. The van der Waals surface area contributed by atoms with Crippen LogP contribution in [0.15, 0.2) is 24.3 Å². The third-order valence-corrected chi connectivity index (χ3v) is 4.32. The SMILES string of the molecule is CCOC(=O)CC(CC(C)C)C(=O)N[C@@H](Cc1ccc(OC)cc1)C(=O)NC. The van der Waals surface area contributed by atoms with Crippen molar-refractivity contribution >= 4 is 17.8 Å². The van der Waals surface area contributed by atoms with E-state index in [1.54, 1.807) is 26.2 Å². The molecule has 0 saturated carbocycles. The normalized spacial score (nSPS) is 12.8. The maximum atomic E-state index is 12.8. The van der Waals surface area contributed by atoms with Gasteiger partial charge in [-0.2, -0.15) is 0 Å². The molecule has 0 heterocycles. The highest BCUT2D eigenvalue weighted by Gasteiger charge is 2.28. The second-order valence-corrected chi connectivity index (χ2v) is 7.06. The summed E-state index contributed by atoms with van der Waals surface area (Å²) in [6.45, 7) is 5.97. The highest BCUT2D eigenvalue weighted by atomic mass is 16.5. The number of rotatable bonds is 11. The monoisotopic (exact) mass is 392 g/mol. The van der Waals surface area contributed by atoms with Crippen LogP contribution in [0.3, 0.4) is 0 Å². The van der Waals surface area contributed by atoms with E-state index in [2.05, 4.69) is 10.6 Å². The summed E-state index contributed by atoms with van der Waals surface area (Å²) in [4.78, 5) is 37.0. The van der Waals surface area contributed by atoms with Crippen LogP contribution < -0.4 is 15.4 Å². The third-order valence-electron chi connectivity index (χ3n) is 4.32. The van der Waals surface area contributed by atoms with E-state index in [1.807, 2.05) is 26.0 Å². The summed E-state index contributed by atoms with van der Waals surface area (Å²) in [5.74, 6) is -0.606. The minimum atomic E-state index is -0.734. The Morgan fingerprint density at radius 3 is 2.21 bits per heavy atom. The number of methoxy groups -OCH3 is 1. The fourth-order valence-corrected chi connectivity index (χ4v) is 2.94. The summed E-state index contributed by atoms with van der Waals surface area (Å²) >= 11 is 0. The van der Waals surface area contributed by atoms with Gasteiger partial charge in [-0.25, -0.2) is 0 Å². The lowest BCUT2D eigenvalue weighted by molar-refractivity contribution is -0.146. The van der Waals surface area contributed by atoms with Crippen molar-refractivity contribution in [3.05, 3.63) is 29.8 Å². The Labute approximate surface area is 167 Å². The Balaban J connectivity index is 2.89. The number of likely N-dealkylation sites (N-methyl/N-ethyl adjacent to an activating group) is 1. The average molecular weight is 392 g/mol. The van der Waals surface area contributed by atoms with Gasteiger partial charge in [-0.1, -0.05) is 26.0 Å². The van der Waals surface area contributed by atoms with Crippen LogP contribution in [-0.2, 0) is 25.5 Å². The molecule has 0 saturated heterocycles. The minimum Gasteiger partial charge on any atom is -0.497 e. The highest BCUT2D eigenvalue weighted by Crippen LogP contribution is 2.18. The Morgan fingerprint density at radius 2 is 1.71 bits per heavy atom. The lowest BCUT2D eigenvalue weighted by atomic mass is 9.92. The Hall–Kier alpha value is -2.57. The van der Waals surface area contributed by atoms with Crippen molar-refractivity contribution in [2.24, 2.45) is 11.8 Å². The maximum absolute atomic E-state index is 12.8. The van der Waals surface area contributed by atoms with Crippen molar-refractivity contribution in [2.75, 3.05) is 20.8 Å². The smallest absolute Gasteiger partial charge is 0.306 e. The number of amides is 2. The molecule has 7 nitrogen and oxygen atoms in total. The van der Waals surface area contributed by atoms with E-state index in [0.717, 1.165) is 11.3 Å². The van der Waals surface area contributed by atoms with Crippen molar-refractivity contribution in [1.29, 1.82) is 0 Å². The van der Waals surface area contributed by atoms with E-state index in [9.17, 15) is 14.4 Å². The molecule has 2 N–H and O–H groups in total. The maximum Gasteiger partial charge on any atom is 0.306 e. The largest absolute Gasteiger partial charge is 0.497 e. The molecule has 1 aromatic rings. The summed E-state index contributed by atoms with van der Waals surface area (Å²) in [7, 11) is 3.11. The molecule has 28 heavy (non-hydrogen) atoms. The molecule has 2 atom stereocenters. The van der Waals surface area contributed by atoms with E-state index >= 15 is 0 Å². The first-order valence-corrected chi connectivity index (χ1v) is 9.61. The molecule has 0 aliphatic rings. The summed E-state index contributed by atoms with van der Waals surface area (Å²) in [5, 5.41) is 5.39. The zero-order chi connectivity index (χ0) is 21.1. The van der Waals surface area contributed by atoms with Gasteiger partial charge in [0.15, 0.2) is 0 Å². The Morgan fingerprint density at radius 1 is 1.07 bits per heavy atom. The van der Waals surface area contributed by atoms with Crippen LogP contribution in [0, 0.1) is 11.8 Å². The zero-order valence-electron chi connectivity index (χ0n) is 17.4. The number of benzene rings is 1. The molecule has 0 radical (unpaired) electrons. The molecule has 0 spiro atoms. The predicted octanol–water partition coefficient (Wildman–Crippen LogP) is 2.08. The second kappa shape index (κ2) is 12.0. The number of esters is 1. The molecule has 0 aromatic heterocycles. The molecule has 0 aliphatic carbocycles. The van der Waals surface area contributed by atoms with Crippen molar-refractivity contribution in [3.8, 4) is 5.75 Å². The van der Waals surface area contributed by atoms with E-state index in [0.29, 0.717) is 12.8 Å². The van der Waals surface area contributed by atoms with Crippen LogP contribution >= 0.6 is 0 Å². The number of ether oxygens (including phenoxy) is 2. The minimum absolute atomic E-state index is 0.000846. The van der Waals surface area contributed by atoms with Crippen LogP contribution in [-0.4, -0.2) is 44.6 Å². The van der Waals surface area contributed by atoms with E-state index in [4.69, 9.17) is 9.47 Å². The molecule has 1 unspecified atom stereocenters. The van der Waals surface area contributed by atoms with Gasteiger partial charge < -0.3 is 20.1 Å². The van der Waals surface area contributed by atoms with Gasteiger partial charge in [0.25, 0.3) is 0 Å². The van der Waals surface area contributed by atoms with Gasteiger partial charge in [0.2, 0.25) is 11.8 Å². The van der Waals surface area contributed by atoms with Gasteiger partial charge >= 0.3 is 5.97 Å². The summed E-state index contributed by atoms with van der Waals surface area (Å²) in [5.41, 5.74) is 0.889. The summed E-state index contributed by atoms with van der Waals surface area (Å²) in [6, 6.07) is 6.58. The Kier molecular flexibility index (Phi) is 10.1. The number of hydrogen-bond acceptors (Lipinski definition) is 5. The lowest BCUT2D eigenvalue weighted by Crippen LogP contribution is -2.49. The molecule has 1 aromatic carbocycles. The van der Waals surface area contributed by atoms with Gasteiger partial charge in [-0.3, -0.25) is 14.4 Å². The molecule has 0 fully saturated rings. The quantitative estimate of drug-likeness (QED) is 0.563. The summed E-state index contributed by atoms with van der Waals surface area (Å²) in [6.07, 6.45) is 0.873. The molecule has 2 amide bonds. The van der Waals surface area contributed by atoms with Gasteiger partial charge in [0.1, 0.15) is 11.8 Å². The van der Waals surface area contributed by atoms with Crippen LogP contribution in [0.25, 0.3) is 0 Å². The number of nitrogens with one attached hydrogen (secondary N) is 2. The number of carbonyl (C=O) groups excluding carboxylic acids is 3. The van der Waals surface area contributed by atoms with Crippen LogP contribution in [0.2, 0.25) is 0 Å². The third kappa shape index (κ3) is 7.98. The van der Waals surface area contributed by atoms with Gasteiger partial charge in [-0.15, -0.1) is 0 Å². The Bertz CT molecular complexity index is 643. The molecule has 7 heteroatoms. The molecule has 1 rings (SSSR count). The molecule has 156 valence electrons. The fourth-order valence-electron chi connectivity index (χ4n) is 2.94. The van der Waals surface area contributed by atoms with Gasteiger partial charge in [0, 0.05) is 19.4 Å². The first kappa shape index (κ1) is 23.5. The summed E-state index contributed by atoms with van der Waals surface area (Å²) < 4.78 is 10.1. The lowest BCUT2D eigenvalue weighted by Gasteiger charge is -2.22. The number of carbonyl (C=O) groups is 3. The highest BCUT2D eigenvalue weighted by molar-refractivity contribution is 5.90. The van der Waals surface area contributed by atoms with Crippen molar-refractivity contribution in [1.82, 2.24) is 10.6 Å². The van der Waals surface area contributed by atoms with Crippen LogP contribution in [0.5, 0.6) is 5.75 Å². The van der Waals surface area contributed by atoms with Crippen molar-refractivity contribution in [2.45, 2.75) is 46.1 Å². The number of hydrogen-bond donors (Lipinski definition) is 2. The van der Waals surface area contributed by atoms with Crippen molar-refractivity contribution in [3.63, 3.8) is 0 Å². The fraction of sp³-hybridized carbons (Fsp3) is 0.571. The van der Waals surface area contributed by atoms with E-state index in [-0.39, 0.29) is 30.8 Å². The average Bonchev–Trinajstić information content (AvgIpc) is 2.66. The van der Waals surface area contributed by atoms with Crippen LogP contribution in [0.1, 0.15) is 39.2 Å². The second-order valence-electron chi connectivity index (χ2n) is 7.06. The molecule has 0 aliphatic heterocycles. The molecular weight excluding hydrogens is 360 g/mol. The topological polar surface area (TPSA) is 93.7 Å². The van der Waals surface area contributed by atoms with Crippen molar-refractivity contribution < 1.29 is 23.9 Å². The predicted molar refractivity (Wildman–Crippen MR) is 107 cm³/mol. The molecular formula is C21H32N2O5. The van der Waals surface area contributed by atoms with Gasteiger partial charge in [-0.05, 0) is 37.0 Å². The van der Waals surface area contributed by atoms with Crippen LogP contribution in [0.4, 0.5) is 0 Å². The van der Waals surface area contributed by atoms with E-state index in [1.165, 1.54) is 7.05 Å². The molecule has 0 bridgehead atoms.